The third-order valence-electron chi connectivity index (χ3n) is 5.82. The molecule has 1 saturated carbocycles. The molecule has 0 saturated heterocycles. The highest BCUT2D eigenvalue weighted by molar-refractivity contribution is 7.52. The van der Waals surface area contributed by atoms with Crippen LogP contribution in [-0.4, -0.2) is 38.5 Å². The van der Waals surface area contributed by atoms with Crippen molar-refractivity contribution in [3.05, 3.63) is 35.9 Å². The Kier molecular flexibility index (Phi) is 8.87. The van der Waals surface area contributed by atoms with Crippen LogP contribution in [0.5, 0.6) is 0 Å². The molecule has 3 atom stereocenters. The van der Waals surface area contributed by atoms with Crippen LogP contribution >= 0.6 is 7.60 Å². The second-order valence-electron chi connectivity index (χ2n) is 8.19. The van der Waals surface area contributed by atoms with E-state index in [1.54, 1.807) is 0 Å². The molecule has 29 heavy (non-hydrogen) atoms. The number of nitrogens with one attached hydrogen (secondary N) is 1. The minimum absolute atomic E-state index is 0.140. The molecule has 4 N–H and O–H groups in total. The summed E-state index contributed by atoms with van der Waals surface area (Å²) in [7, 11) is -4.51. The van der Waals surface area contributed by atoms with Crippen LogP contribution in [0, 0.1) is 5.92 Å². The number of amides is 1. The summed E-state index contributed by atoms with van der Waals surface area (Å²) < 4.78 is 12.0. The quantitative estimate of drug-likeness (QED) is 0.424. The number of rotatable bonds is 10. The molecule has 0 radical (unpaired) electrons. The number of carboxylic acids is 1. The maximum absolute atomic E-state index is 12.5. The molecule has 1 aromatic rings. The van der Waals surface area contributed by atoms with Crippen LogP contribution in [0.25, 0.3) is 0 Å². The Morgan fingerprint density at radius 1 is 1.14 bits per heavy atom. The molecule has 0 bridgehead atoms. The maximum atomic E-state index is 12.5. The van der Waals surface area contributed by atoms with Gasteiger partial charge in [0.25, 0.3) is 0 Å². The molecule has 8 heteroatoms. The van der Waals surface area contributed by atoms with Gasteiger partial charge in [0.1, 0.15) is 6.04 Å². The van der Waals surface area contributed by atoms with E-state index in [1.807, 2.05) is 37.3 Å². The largest absolute Gasteiger partial charge is 0.480 e. The molecule has 162 valence electrons. The van der Waals surface area contributed by atoms with Gasteiger partial charge in [-0.15, -0.1) is 0 Å². The third-order valence-corrected chi connectivity index (χ3v) is 7.16. The number of hydrogen-bond acceptors (Lipinski definition) is 3. The summed E-state index contributed by atoms with van der Waals surface area (Å²) in [6.45, 7) is 1.86. The molecule has 1 amide bonds. The van der Waals surface area contributed by atoms with Crippen LogP contribution in [0.4, 0.5) is 0 Å². The molecule has 1 fully saturated rings. The molecule has 0 heterocycles. The van der Waals surface area contributed by atoms with E-state index in [0.29, 0.717) is 6.42 Å². The topological polar surface area (TPSA) is 124 Å². The molecule has 0 aromatic heterocycles. The molecule has 1 aromatic carbocycles. The molecule has 2 rings (SSSR count). The predicted molar refractivity (Wildman–Crippen MR) is 111 cm³/mol. The minimum Gasteiger partial charge on any atom is -0.480 e. The molecule has 1 aliphatic rings. The first-order valence-electron chi connectivity index (χ1n) is 10.3. The maximum Gasteiger partial charge on any atom is 0.329 e. The van der Waals surface area contributed by atoms with Crippen molar-refractivity contribution in [2.75, 3.05) is 0 Å². The van der Waals surface area contributed by atoms with Gasteiger partial charge in [0.05, 0.1) is 5.66 Å². The Morgan fingerprint density at radius 3 is 2.31 bits per heavy atom. The first-order valence-corrected chi connectivity index (χ1v) is 12.0. The van der Waals surface area contributed by atoms with Crippen molar-refractivity contribution in [1.82, 2.24) is 5.32 Å². The lowest BCUT2D eigenvalue weighted by molar-refractivity contribution is -0.142. The van der Waals surface area contributed by atoms with Crippen molar-refractivity contribution in [3.63, 3.8) is 0 Å². The number of aliphatic carboxylic acids is 1. The molecule has 1 unspecified atom stereocenters. The van der Waals surface area contributed by atoms with Crippen LogP contribution in [0.1, 0.15) is 69.8 Å². The summed E-state index contributed by atoms with van der Waals surface area (Å²) in [5.41, 5.74) is -0.214. The first-order chi connectivity index (χ1) is 13.7. The normalized spacial score (nSPS) is 18.6. The zero-order chi connectivity index (χ0) is 21.4. The van der Waals surface area contributed by atoms with Crippen LogP contribution in [0.2, 0.25) is 0 Å². The number of carbonyl (C=O) groups is 2. The van der Waals surface area contributed by atoms with Gasteiger partial charge in [0.15, 0.2) is 0 Å². The van der Waals surface area contributed by atoms with Gasteiger partial charge in [0, 0.05) is 6.42 Å². The van der Waals surface area contributed by atoms with Crippen molar-refractivity contribution in [1.29, 1.82) is 0 Å². The summed E-state index contributed by atoms with van der Waals surface area (Å²) in [4.78, 5) is 43.5. The van der Waals surface area contributed by atoms with Gasteiger partial charge >= 0.3 is 13.6 Å². The minimum atomic E-state index is -4.51. The van der Waals surface area contributed by atoms with Gasteiger partial charge in [-0.25, -0.2) is 4.79 Å². The Labute approximate surface area is 172 Å². The van der Waals surface area contributed by atoms with Crippen LogP contribution in [0.15, 0.2) is 30.3 Å². The fraction of sp³-hybridized carbons (Fsp3) is 0.619. The molecular formula is C21H32NO6P. The van der Waals surface area contributed by atoms with Gasteiger partial charge in [-0.05, 0) is 30.2 Å². The van der Waals surface area contributed by atoms with Crippen molar-refractivity contribution < 1.29 is 29.0 Å². The highest BCUT2D eigenvalue weighted by atomic mass is 31.2. The highest BCUT2D eigenvalue weighted by Crippen LogP contribution is 2.47. The van der Waals surface area contributed by atoms with Gasteiger partial charge in [-0.3, -0.25) is 9.36 Å². The van der Waals surface area contributed by atoms with Crippen LogP contribution < -0.4 is 5.32 Å². The Balaban J connectivity index is 1.98. The molecular weight excluding hydrogens is 393 g/mol. The number of carbonyl (C=O) groups excluding carboxylic acids is 1. The van der Waals surface area contributed by atoms with E-state index in [-0.39, 0.29) is 18.3 Å². The predicted octanol–water partition coefficient (Wildman–Crippen LogP) is 3.66. The fourth-order valence-electron chi connectivity index (χ4n) is 4.11. The zero-order valence-electron chi connectivity index (χ0n) is 16.9. The van der Waals surface area contributed by atoms with E-state index in [2.05, 4.69) is 5.32 Å². The first kappa shape index (κ1) is 23.6. The van der Waals surface area contributed by atoms with Gasteiger partial charge < -0.3 is 20.2 Å². The van der Waals surface area contributed by atoms with E-state index in [0.717, 1.165) is 37.7 Å². The van der Waals surface area contributed by atoms with Crippen molar-refractivity contribution >= 4 is 19.5 Å². The van der Waals surface area contributed by atoms with Crippen molar-refractivity contribution in [2.24, 2.45) is 5.92 Å². The number of benzene rings is 1. The standard InChI is InChI=1S/C21H32NO6P/c1-15(17-10-6-3-7-11-17)12-18(29(26,27)28)14-20(23)22-19(21(24)25)13-16-8-4-2-5-9-16/h3,6-7,10-11,15-16,18-19H,2,4-5,8-9,12-14H2,1H3,(H,22,23)(H,24,25)(H2,26,27,28)/t15?,18-,19+/m1/s1. The lowest BCUT2D eigenvalue weighted by atomic mass is 9.85. The van der Waals surface area contributed by atoms with E-state index in [1.165, 1.54) is 0 Å². The lowest BCUT2D eigenvalue weighted by Gasteiger charge is -2.26. The van der Waals surface area contributed by atoms with Gasteiger partial charge in [-0.2, -0.15) is 0 Å². The third kappa shape index (κ3) is 7.92. The summed E-state index contributed by atoms with van der Waals surface area (Å²) in [6, 6.07) is 8.32. The average molecular weight is 425 g/mol. The Morgan fingerprint density at radius 2 is 1.76 bits per heavy atom. The van der Waals surface area contributed by atoms with E-state index < -0.39 is 37.6 Å². The van der Waals surface area contributed by atoms with E-state index >= 15 is 0 Å². The number of carboxylic acid groups (broad SMARTS) is 1. The van der Waals surface area contributed by atoms with Crippen LogP contribution in [0.3, 0.4) is 0 Å². The molecule has 0 spiro atoms. The zero-order valence-corrected chi connectivity index (χ0v) is 17.8. The highest BCUT2D eigenvalue weighted by Gasteiger charge is 2.34. The summed E-state index contributed by atoms with van der Waals surface area (Å²) in [5, 5.41) is 12.0. The van der Waals surface area contributed by atoms with Crippen molar-refractivity contribution in [3.8, 4) is 0 Å². The number of hydrogen-bond donors (Lipinski definition) is 4. The van der Waals surface area contributed by atoms with Gasteiger partial charge in [0.2, 0.25) is 5.91 Å². The van der Waals surface area contributed by atoms with Crippen molar-refractivity contribution in [2.45, 2.75) is 75.9 Å². The molecule has 1 aliphatic carbocycles. The summed E-state index contributed by atoms with van der Waals surface area (Å²) >= 11 is 0. The summed E-state index contributed by atoms with van der Waals surface area (Å²) in [6.07, 6.45) is 5.33. The Bertz CT molecular complexity index is 713. The van der Waals surface area contributed by atoms with Crippen LogP contribution in [-0.2, 0) is 14.2 Å². The molecule has 0 aliphatic heterocycles. The van der Waals surface area contributed by atoms with E-state index in [4.69, 9.17) is 0 Å². The van der Waals surface area contributed by atoms with E-state index in [9.17, 15) is 29.0 Å². The second-order valence-corrected chi connectivity index (χ2v) is 10.1. The van der Waals surface area contributed by atoms with Gasteiger partial charge in [-0.1, -0.05) is 69.4 Å². The second kappa shape index (κ2) is 10.9. The SMILES string of the molecule is CC(C[C@H](CC(=O)N[C@@H](CC1CCCCC1)C(=O)O)P(=O)(O)O)c1ccccc1. The monoisotopic (exact) mass is 425 g/mol. The lowest BCUT2D eigenvalue weighted by Crippen LogP contribution is -2.43. The Hall–Kier alpha value is -1.69. The fourth-order valence-corrected chi connectivity index (χ4v) is 5.10. The molecule has 7 nitrogen and oxygen atoms in total. The summed E-state index contributed by atoms with van der Waals surface area (Å²) in [5.74, 6) is -1.60. The average Bonchev–Trinajstić information content (AvgIpc) is 2.67. The smallest absolute Gasteiger partial charge is 0.329 e.